The van der Waals surface area contributed by atoms with Gasteiger partial charge < -0.3 is 5.11 Å². The van der Waals surface area contributed by atoms with Crippen LogP contribution in [0.5, 0.6) is 5.75 Å². The number of ketones is 1. The van der Waals surface area contributed by atoms with Gasteiger partial charge in [0, 0.05) is 14.5 Å². The molecule has 20 heavy (non-hydrogen) atoms. The second-order valence-electron chi connectivity index (χ2n) is 4.02. The number of carbonyl (C=O) groups excluding carboxylic acids is 1. The Bertz CT molecular complexity index is 696. The number of allylic oxidation sites excluding steroid dienone is 1. The third kappa shape index (κ3) is 3.63. The van der Waals surface area contributed by atoms with Crippen LogP contribution in [0, 0.1) is 0 Å². The van der Waals surface area contributed by atoms with Gasteiger partial charge in [-0.25, -0.2) is 0 Å². The fraction of sp³-hybridized carbons (Fsp3) is 0. The molecule has 0 spiro atoms. The third-order valence-electron chi connectivity index (χ3n) is 2.60. The Labute approximate surface area is 134 Å². The van der Waals surface area contributed by atoms with E-state index in [0.717, 1.165) is 4.47 Å². The highest BCUT2D eigenvalue weighted by Gasteiger charge is 2.09. The summed E-state index contributed by atoms with van der Waals surface area (Å²) in [4.78, 5) is 12.0. The van der Waals surface area contributed by atoms with Crippen LogP contribution in [-0.2, 0) is 0 Å². The topological polar surface area (TPSA) is 37.3 Å². The van der Waals surface area contributed by atoms with E-state index in [0.29, 0.717) is 15.6 Å². The van der Waals surface area contributed by atoms with E-state index >= 15 is 0 Å². The van der Waals surface area contributed by atoms with Crippen molar-refractivity contribution >= 4 is 51.0 Å². The zero-order chi connectivity index (χ0) is 14.7. The van der Waals surface area contributed by atoms with Gasteiger partial charge in [0.25, 0.3) is 0 Å². The van der Waals surface area contributed by atoms with Crippen LogP contribution in [0.1, 0.15) is 15.9 Å². The quantitative estimate of drug-likeness (QED) is 0.582. The van der Waals surface area contributed by atoms with Gasteiger partial charge in [0.2, 0.25) is 0 Å². The third-order valence-corrected chi connectivity index (χ3v) is 3.66. The first-order valence-corrected chi connectivity index (χ1v) is 7.18. The normalized spacial score (nSPS) is 10.9. The molecular weight excluding hydrogens is 363 g/mol. The van der Waals surface area contributed by atoms with Crippen molar-refractivity contribution in [2.24, 2.45) is 0 Å². The molecule has 2 aromatic carbocycles. The minimum absolute atomic E-state index is 0.0648. The number of phenolic OH excluding ortho intramolecular Hbond substituents is 1. The molecular formula is C15H9BrCl2O2. The second kappa shape index (κ2) is 6.44. The fourth-order valence-corrected chi connectivity index (χ4v) is 2.43. The van der Waals surface area contributed by atoms with Gasteiger partial charge in [0.05, 0.1) is 5.56 Å². The lowest BCUT2D eigenvalue weighted by Gasteiger charge is -2.02. The molecule has 0 saturated heterocycles. The predicted octanol–water partition coefficient (Wildman–Crippen LogP) is 5.36. The van der Waals surface area contributed by atoms with Crippen molar-refractivity contribution in [2.75, 3.05) is 0 Å². The monoisotopic (exact) mass is 370 g/mol. The summed E-state index contributed by atoms with van der Waals surface area (Å²) in [6, 6.07) is 9.69. The molecule has 5 heteroatoms. The van der Waals surface area contributed by atoms with E-state index in [2.05, 4.69) is 15.9 Å². The van der Waals surface area contributed by atoms with Crippen LogP contribution in [0.4, 0.5) is 0 Å². The number of rotatable bonds is 3. The van der Waals surface area contributed by atoms with Crippen molar-refractivity contribution in [1.82, 2.24) is 0 Å². The van der Waals surface area contributed by atoms with Crippen molar-refractivity contribution in [1.29, 1.82) is 0 Å². The van der Waals surface area contributed by atoms with E-state index in [9.17, 15) is 9.90 Å². The van der Waals surface area contributed by atoms with Crippen LogP contribution < -0.4 is 0 Å². The van der Waals surface area contributed by atoms with Crippen molar-refractivity contribution in [3.05, 3.63) is 68.1 Å². The largest absolute Gasteiger partial charge is 0.507 e. The second-order valence-corrected chi connectivity index (χ2v) is 5.78. The summed E-state index contributed by atoms with van der Waals surface area (Å²) >= 11 is 15.1. The number of hydrogen-bond acceptors (Lipinski definition) is 2. The molecule has 2 aromatic rings. The maximum absolute atomic E-state index is 12.0. The maximum Gasteiger partial charge on any atom is 0.189 e. The van der Waals surface area contributed by atoms with Crippen LogP contribution in [0.2, 0.25) is 10.0 Å². The van der Waals surface area contributed by atoms with E-state index in [-0.39, 0.29) is 17.1 Å². The van der Waals surface area contributed by atoms with Gasteiger partial charge in [0.15, 0.2) is 5.78 Å². The number of halogens is 3. The first-order chi connectivity index (χ1) is 9.47. The first kappa shape index (κ1) is 15.1. The van der Waals surface area contributed by atoms with Gasteiger partial charge in [0.1, 0.15) is 5.75 Å². The average Bonchev–Trinajstić information content (AvgIpc) is 2.40. The Morgan fingerprint density at radius 2 is 1.90 bits per heavy atom. The van der Waals surface area contributed by atoms with Crippen LogP contribution in [0.3, 0.4) is 0 Å². The van der Waals surface area contributed by atoms with Crippen LogP contribution in [0.25, 0.3) is 6.08 Å². The smallest absolute Gasteiger partial charge is 0.189 e. The molecule has 0 aromatic heterocycles. The highest BCUT2D eigenvalue weighted by Crippen LogP contribution is 2.24. The summed E-state index contributed by atoms with van der Waals surface area (Å²) in [5, 5.41) is 10.7. The standard InChI is InChI=1S/C15H9BrCl2O2/c16-10-3-6-15(20)12(7-10)14(19)5-2-9-1-4-11(17)8-13(9)18/h1-8,20H/b5-2+. The molecule has 2 nitrogen and oxygen atoms in total. The summed E-state index contributed by atoms with van der Waals surface area (Å²) in [6.07, 6.45) is 2.94. The van der Waals surface area contributed by atoms with Crippen molar-refractivity contribution < 1.29 is 9.90 Å². The molecule has 0 saturated carbocycles. The van der Waals surface area contributed by atoms with Crippen LogP contribution >= 0.6 is 39.1 Å². The highest BCUT2D eigenvalue weighted by atomic mass is 79.9. The lowest BCUT2D eigenvalue weighted by atomic mass is 10.1. The summed E-state index contributed by atoms with van der Waals surface area (Å²) < 4.78 is 0.719. The molecule has 0 unspecified atom stereocenters. The van der Waals surface area contributed by atoms with Crippen molar-refractivity contribution in [3.63, 3.8) is 0 Å². The predicted molar refractivity (Wildman–Crippen MR) is 85.6 cm³/mol. The summed E-state index contributed by atoms with van der Waals surface area (Å²) in [7, 11) is 0. The molecule has 0 amide bonds. The van der Waals surface area contributed by atoms with Crippen molar-refractivity contribution in [2.45, 2.75) is 0 Å². The number of hydrogen-bond donors (Lipinski definition) is 1. The minimum atomic E-state index is -0.310. The number of phenols is 1. The van der Waals surface area contributed by atoms with E-state index in [1.807, 2.05) is 0 Å². The molecule has 0 bridgehead atoms. The van der Waals surface area contributed by atoms with Gasteiger partial charge in [-0.3, -0.25) is 4.79 Å². The molecule has 0 atom stereocenters. The van der Waals surface area contributed by atoms with Crippen LogP contribution in [0.15, 0.2) is 46.9 Å². The van der Waals surface area contributed by atoms with Crippen molar-refractivity contribution in [3.8, 4) is 5.75 Å². The molecule has 1 N–H and O–H groups in total. The van der Waals surface area contributed by atoms with Gasteiger partial charge in [-0.2, -0.15) is 0 Å². The van der Waals surface area contributed by atoms with Gasteiger partial charge >= 0.3 is 0 Å². The Morgan fingerprint density at radius 3 is 2.60 bits per heavy atom. The fourth-order valence-electron chi connectivity index (χ4n) is 1.60. The Morgan fingerprint density at radius 1 is 1.15 bits per heavy atom. The molecule has 0 aliphatic carbocycles. The van der Waals surface area contributed by atoms with Gasteiger partial charge in [-0.05, 0) is 48.0 Å². The number of aromatic hydroxyl groups is 1. The Balaban J connectivity index is 2.27. The van der Waals surface area contributed by atoms with E-state index in [1.165, 1.54) is 12.1 Å². The minimum Gasteiger partial charge on any atom is -0.507 e. The van der Waals surface area contributed by atoms with Gasteiger partial charge in [-0.15, -0.1) is 0 Å². The lowest BCUT2D eigenvalue weighted by Crippen LogP contribution is -1.94. The highest BCUT2D eigenvalue weighted by molar-refractivity contribution is 9.10. The number of benzene rings is 2. The average molecular weight is 372 g/mol. The van der Waals surface area contributed by atoms with E-state index in [4.69, 9.17) is 23.2 Å². The summed E-state index contributed by atoms with van der Waals surface area (Å²) in [6.45, 7) is 0. The number of carbonyl (C=O) groups is 1. The van der Waals surface area contributed by atoms with E-state index in [1.54, 1.807) is 36.4 Å². The lowest BCUT2D eigenvalue weighted by molar-refractivity contribution is 0.104. The first-order valence-electron chi connectivity index (χ1n) is 5.63. The molecule has 0 fully saturated rings. The maximum atomic E-state index is 12.0. The molecule has 0 aliphatic heterocycles. The van der Waals surface area contributed by atoms with Crippen LogP contribution in [-0.4, -0.2) is 10.9 Å². The summed E-state index contributed by atoms with van der Waals surface area (Å²) in [5.74, 6) is -0.375. The summed E-state index contributed by atoms with van der Waals surface area (Å²) in [5.41, 5.74) is 0.902. The molecule has 0 radical (unpaired) electrons. The van der Waals surface area contributed by atoms with Gasteiger partial charge in [-0.1, -0.05) is 45.2 Å². The molecule has 0 heterocycles. The Hall–Kier alpha value is -1.29. The molecule has 0 aliphatic rings. The SMILES string of the molecule is O=C(/C=C/c1ccc(Cl)cc1Cl)c1cc(Br)ccc1O. The zero-order valence-corrected chi connectivity index (χ0v) is 13.2. The molecule has 102 valence electrons. The molecule has 2 rings (SSSR count). The van der Waals surface area contributed by atoms with E-state index < -0.39 is 0 Å². The Kier molecular flexibility index (Phi) is 4.86. The zero-order valence-electron chi connectivity index (χ0n) is 10.1.